The highest BCUT2D eigenvalue weighted by molar-refractivity contribution is 5.13. The molecule has 3 rings (SSSR count). The van der Waals surface area contributed by atoms with Crippen molar-refractivity contribution < 1.29 is 5.11 Å². The molecule has 0 aromatic carbocycles. The second kappa shape index (κ2) is 3.04. The molecule has 0 radical (unpaired) electrons. The van der Waals surface area contributed by atoms with Gasteiger partial charge in [0.05, 0.1) is 6.10 Å². The van der Waals surface area contributed by atoms with Crippen LogP contribution in [0.1, 0.15) is 53.4 Å². The zero-order valence-corrected chi connectivity index (χ0v) is 11.2. The maximum absolute atomic E-state index is 10.4. The van der Waals surface area contributed by atoms with Gasteiger partial charge in [-0.05, 0) is 60.2 Å². The van der Waals surface area contributed by atoms with Gasteiger partial charge in [-0.1, -0.05) is 27.7 Å². The van der Waals surface area contributed by atoms with Crippen LogP contribution >= 0.6 is 0 Å². The van der Waals surface area contributed by atoms with E-state index in [1.807, 2.05) is 0 Å². The number of rotatable bonds is 0. The molecule has 3 saturated carbocycles. The lowest BCUT2D eigenvalue weighted by molar-refractivity contribution is -0.0152. The molecule has 0 aliphatic heterocycles. The fourth-order valence-electron chi connectivity index (χ4n) is 5.68. The minimum Gasteiger partial charge on any atom is -0.393 e. The maximum Gasteiger partial charge on any atom is 0.0594 e. The Morgan fingerprint density at radius 1 is 1.06 bits per heavy atom. The third kappa shape index (κ3) is 1.06. The van der Waals surface area contributed by atoms with Gasteiger partial charge in [0.2, 0.25) is 0 Å². The smallest absolute Gasteiger partial charge is 0.0594 e. The molecule has 3 aliphatic carbocycles. The molecule has 3 fully saturated rings. The molecule has 3 aliphatic rings. The first-order valence-corrected chi connectivity index (χ1v) is 7.07. The molecule has 4 bridgehead atoms. The van der Waals surface area contributed by atoms with Crippen molar-refractivity contribution in [3.8, 4) is 0 Å². The van der Waals surface area contributed by atoms with Crippen molar-refractivity contribution in [2.45, 2.75) is 59.5 Å². The first-order chi connectivity index (χ1) is 7.39. The van der Waals surface area contributed by atoms with Crippen LogP contribution in [0.4, 0.5) is 0 Å². The Kier molecular flexibility index (Phi) is 2.11. The number of aliphatic hydroxyl groups excluding tert-OH is 1. The van der Waals surface area contributed by atoms with Crippen LogP contribution in [-0.2, 0) is 0 Å². The molecule has 92 valence electrons. The monoisotopic (exact) mass is 222 g/mol. The van der Waals surface area contributed by atoms with E-state index < -0.39 is 0 Å². The van der Waals surface area contributed by atoms with E-state index in [9.17, 15) is 5.11 Å². The fourth-order valence-corrected chi connectivity index (χ4v) is 5.68. The second-order valence-electron chi connectivity index (χ2n) is 7.54. The molecule has 1 heteroatoms. The Morgan fingerprint density at radius 3 is 2.44 bits per heavy atom. The lowest BCUT2D eigenvalue weighted by Crippen LogP contribution is -2.39. The van der Waals surface area contributed by atoms with Crippen LogP contribution in [0, 0.1) is 34.5 Å². The largest absolute Gasteiger partial charge is 0.393 e. The first-order valence-electron chi connectivity index (χ1n) is 7.07. The summed E-state index contributed by atoms with van der Waals surface area (Å²) in [5.74, 6) is 3.44. The lowest BCUT2D eigenvalue weighted by Gasteiger charge is -2.41. The minimum absolute atomic E-state index is 0.0741. The van der Waals surface area contributed by atoms with Crippen molar-refractivity contribution in [1.29, 1.82) is 0 Å². The van der Waals surface area contributed by atoms with Crippen LogP contribution in [0.25, 0.3) is 0 Å². The summed E-state index contributed by atoms with van der Waals surface area (Å²) in [4.78, 5) is 0. The third-order valence-corrected chi connectivity index (χ3v) is 6.91. The van der Waals surface area contributed by atoms with Gasteiger partial charge in [-0.2, -0.15) is 0 Å². The van der Waals surface area contributed by atoms with Crippen LogP contribution in [0.2, 0.25) is 0 Å². The normalized spacial score (nSPS) is 58.7. The van der Waals surface area contributed by atoms with E-state index in [1.165, 1.54) is 19.3 Å². The van der Waals surface area contributed by atoms with E-state index in [-0.39, 0.29) is 11.5 Å². The van der Waals surface area contributed by atoms with Crippen LogP contribution in [0.5, 0.6) is 0 Å². The molecule has 1 N–H and O–H groups in total. The highest BCUT2D eigenvalue weighted by Crippen LogP contribution is 2.70. The molecular formula is C15H26O. The van der Waals surface area contributed by atoms with Gasteiger partial charge >= 0.3 is 0 Å². The Bertz CT molecular complexity index is 309. The van der Waals surface area contributed by atoms with Crippen LogP contribution in [0.15, 0.2) is 0 Å². The van der Waals surface area contributed by atoms with E-state index >= 15 is 0 Å². The SMILES string of the molecule is CC1C2CCC3C2C(C)(C)C(O)CCC13C. The first kappa shape index (κ1) is 11.1. The highest BCUT2D eigenvalue weighted by atomic mass is 16.3. The quantitative estimate of drug-likeness (QED) is 0.665. The standard InChI is InChI=1S/C15H26O/c1-9-10-5-6-11-13(10)14(2,3)12(16)7-8-15(9,11)4/h9-13,16H,5-8H2,1-4H3. The summed E-state index contributed by atoms with van der Waals surface area (Å²) < 4.78 is 0. The van der Waals surface area contributed by atoms with Gasteiger partial charge in [0, 0.05) is 0 Å². The molecule has 6 atom stereocenters. The fraction of sp³-hybridized carbons (Fsp3) is 1.00. The predicted octanol–water partition coefficient (Wildman–Crippen LogP) is 3.47. The van der Waals surface area contributed by atoms with E-state index in [4.69, 9.17) is 0 Å². The summed E-state index contributed by atoms with van der Waals surface area (Å²) in [6.45, 7) is 9.61. The molecule has 0 spiro atoms. The summed E-state index contributed by atoms with van der Waals surface area (Å²) in [6, 6.07) is 0. The van der Waals surface area contributed by atoms with Gasteiger partial charge in [0.15, 0.2) is 0 Å². The Labute approximate surface area is 99.6 Å². The van der Waals surface area contributed by atoms with Gasteiger partial charge in [0.25, 0.3) is 0 Å². The predicted molar refractivity (Wildman–Crippen MR) is 66.0 cm³/mol. The Hall–Kier alpha value is -0.0400. The molecular weight excluding hydrogens is 196 g/mol. The molecule has 1 nitrogen and oxygen atoms in total. The molecule has 0 aromatic heterocycles. The molecule has 0 aromatic rings. The number of aliphatic hydroxyl groups is 1. The summed E-state index contributed by atoms with van der Waals surface area (Å²) in [5.41, 5.74) is 0.677. The van der Waals surface area contributed by atoms with Gasteiger partial charge in [-0.25, -0.2) is 0 Å². The average Bonchev–Trinajstić information content (AvgIpc) is 2.72. The zero-order valence-electron chi connectivity index (χ0n) is 11.2. The molecule has 0 saturated heterocycles. The van der Waals surface area contributed by atoms with E-state index in [0.717, 1.165) is 30.1 Å². The van der Waals surface area contributed by atoms with E-state index in [1.54, 1.807) is 0 Å². The lowest BCUT2D eigenvalue weighted by atomic mass is 9.65. The van der Waals surface area contributed by atoms with Gasteiger partial charge in [-0.3, -0.25) is 0 Å². The van der Waals surface area contributed by atoms with Crippen LogP contribution in [-0.4, -0.2) is 11.2 Å². The van der Waals surface area contributed by atoms with Crippen LogP contribution < -0.4 is 0 Å². The molecule has 16 heavy (non-hydrogen) atoms. The van der Waals surface area contributed by atoms with Crippen molar-refractivity contribution in [3.05, 3.63) is 0 Å². The topological polar surface area (TPSA) is 20.2 Å². The van der Waals surface area contributed by atoms with Crippen molar-refractivity contribution in [3.63, 3.8) is 0 Å². The number of hydrogen-bond acceptors (Lipinski definition) is 1. The zero-order chi connectivity index (χ0) is 11.7. The third-order valence-electron chi connectivity index (χ3n) is 6.91. The molecule has 6 unspecified atom stereocenters. The molecule has 0 amide bonds. The van der Waals surface area contributed by atoms with Crippen molar-refractivity contribution in [2.24, 2.45) is 34.5 Å². The maximum atomic E-state index is 10.4. The van der Waals surface area contributed by atoms with E-state index in [2.05, 4.69) is 27.7 Å². The number of hydrogen-bond donors (Lipinski definition) is 1. The average molecular weight is 222 g/mol. The van der Waals surface area contributed by atoms with E-state index in [0.29, 0.717) is 5.41 Å². The highest BCUT2D eigenvalue weighted by Gasteiger charge is 2.64. The minimum atomic E-state index is -0.0741. The van der Waals surface area contributed by atoms with Crippen molar-refractivity contribution in [1.82, 2.24) is 0 Å². The van der Waals surface area contributed by atoms with Gasteiger partial charge < -0.3 is 5.11 Å². The summed E-state index contributed by atoms with van der Waals surface area (Å²) in [7, 11) is 0. The van der Waals surface area contributed by atoms with Crippen LogP contribution in [0.3, 0.4) is 0 Å². The van der Waals surface area contributed by atoms with Gasteiger partial charge in [0.1, 0.15) is 0 Å². The summed E-state index contributed by atoms with van der Waals surface area (Å²) >= 11 is 0. The summed E-state index contributed by atoms with van der Waals surface area (Å²) in [6.07, 6.45) is 5.04. The Morgan fingerprint density at radius 2 is 1.75 bits per heavy atom. The van der Waals surface area contributed by atoms with Gasteiger partial charge in [-0.15, -0.1) is 0 Å². The van der Waals surface area contributed by atoms with Crippen molar-refractivity contribution in [2.75, 3.05) is 0 Å². The molecule has 0 heterocycles. The Balaban J connectivity index is 2.07. The second-order valence-corrected chi connectivity index (χ2v) is 7.54. The summed E-state index contributed by atoms with van der Waals surface area (Å²) in [5, 5.41) is 10.4. The van der Waals surface area contributed by atoms with Crippen molar-refractivity contribution >= 4 is 0 Å².